The Labute approximate surface area is 160 Å². The smallest absolute Gasteiger partial charge is 0.270 e. The fraction of sp³-hybridized carbons (Fsp3) is 0.278. The highest BCUT2D eigenvalue weighted by molar-refractivity contribution is 6.33. The third-order valence-electron chi connectivity index (χ3n) is 4.37. The predicted molar refractivity (Wildman–Crippen MR) is 98.5 cm³/mol. The molecule has 1 aromatic heterocycles. The summed E-state index contributed by atoms with van der Waals surface area (Å²) in [7, 11) is 0. The Kier molecular flexibility index (Phi) is 5.66. The number of hydrogen-bond donors (Lipinski definition) is 0. The summed E-state index contributed by atoms with van der Waals surface area (Å²) in [6.45, 7) is 1.46. The van der Waals surface area contributed by atoms with Crippen molar-refractivity contribution in [1.82, 2.24) is 14.8 Å². The summed E-state index contributed by atoms with van der Waals surface area (Å²) < 4.78 is 0. The summed E-state index contributed by atoms with van der Waals surface area (Å²) in [5.41, 5.74) is 0.607. The van der Waals surface area contributed by atoms with Crippen molar-refractivity contribution in [3.63, 3.8) is 0 Å². The molecule has 0 N–H and O–H groups in total. The molecular formula is C18H17ClN4O4. The fourth-order valence-corrected chi connectivity index (χ4v) is 3.09. The molecule has 0 radical (unpaired) electrons. The van der Waals surface area contributed by atoms with E-state index in [-0.39, 0.29) is 34.5 Å². The van der Waals surface area contributed by atoms with Crippen LogP contribution in [0.15, 0.2) is 42.6 Å². The molecule has 8 nitrogen and oxygen atoms in total. The monoisotopic (exact) mass is 388 g/mol. The molecule has 3 rings (SSSR count). The van der Waals surface area contributed by atoms with Gasteiger partial charge in [0.05, 0.1) is 21.9 Å². The molecule has 9 heteroatoms. The zero-order valence-electron chi connectivity index (χ0n) is 14.4. The van der Waals surface area contributed by atoms with Gasteiger partial charge in [0.2, 0.25) is 5.91 Å². The van der Waals surface area contributed by atoms with Gasteiger partial charge in [-0.3, -0.25) is 24.7 Å². The van der Waals surface area contributed by atoms with Crippen molar-refractivity contribution >= 4 is 29.1 Å². The minimum Gasteiger partial charge on any atom is -0.339 e. The molecule has 2 aromatic rings. The van der Waals surface area contributed by atoms with Crippen LogP contribution >= 0.6 is 11.6 Å². The molecule has 0 unspecified atom stereocenters. The molecule has 27 heavy (non-hydrogen) atoms. The van der Waals surface area contributed by atoms with Gasteiger partial charge < -0.3 is 9.80 Å². The van der Waals surface area contributed by atoms with Crippen LogP contribution in [0, 0.1) is 10.1 Å². The second kappa shape index (κ2) is 8.13. The molecule has 1 aliphatic heterocycles. The Balaban J connectivity index is 1.62. The van der Waals surface area contributed by atoms with Gasteiger partial charge in [0.25, 0.3) is 11.6 Å². The van der Waals surface area contributed by atoms with Crippen LogP contribution in [0.2, 0.25) is 5.02 Å². The Morgan fingerprint density at radius 3 is 2.44 bits per heavy atom. The first-order valence-electron chi connectivity index (χ1n) is 8.36. The highest BCUT2D eigenvalue weighted by Gasteiger charge is 2.27. The highest BCUT2D eigenvalue weighted by atomic mass is 35.5. The second-order valence-corrected chi connectivity index (χ2v) is 6.50. The number of nitrogens with zero attached hydrogens (tertiary/aromatic N) is 4. The summed E-state index contributed by atoms with van der Waals surface area (Å²) in [6, 6.07) is 9.20. The zero-order valence-corrected chi connectivity index (χ0v) is 15.1. The van der Waals surface area contributed by atoms with Gasteiger partial charge in [-0.1, -0.05) is 17.7 Å². The molecule has 0 bridgehead atoms. The first kappa shape index (κ1) is 18.8. The molecule has 1 fully saturated rings. The Bertz CT molecular complexity index is 867. The molecule has 2 amide bonds. The molecule has 1 saturated heterocycles. The quantitative estimate of drug-likeness (QED) is 0.590. The van der Waals surface area contributed by atoms with E-state index in [2.05, 4.69) is 4.98 Å². The average molecular weight is 389 g/mol. The van der Waals surface area contributed by atoms with Gasteiger partial charge in [0.15, 0.2) is 0 Å². The maximum Gasteiger partial charge on any atom is 0.270 e. The van der Waals surface area contributed by atoms with Crippen molar-refractivity contribution in [2.24, 2.45) is 0 Å². The third kappa shape index (κ3) is 4.40. The van der Waals surface area contributed by atoms with E-state index in [4.69, 9.17) is 11.6 Å². The van der Waals surface area contributed by atoms with E-state index >= 15 is 0 Å². The van der Waals surface area contributed by atoms with Crippen molar-refractivity contribution < 1.29 is 14.5 Å². The summed E-state index contributed by atoms with van der Waals surface area (Å²) in [6.07, 6.45) is 1.85. The number of halogens is 1. The van der Waals surface area contributed by atoms with Crippen LogP contribution in [0.5, 0.6) is 0 Å². The number of benzene rings is 1. The van der Waals surface area contributed by atoms with Crippen molar-refractivity contribution in [1.29, 1.82) is 0 Å². The van der Waals surface area contributed by atoms with Gasteiger partial charge in [-0.25, -0.2) is 0 Å². The summed E-state index contributed by atoms with van der Waals surface area (Å²) in [5, 5.41) is 11.1. The molecule has 0 saturated carbocycles. The second-order valence-electron chi connectivity index (χ2n) is 6.09. The maximum atomic E-state index is 12.7. The third-order valence-corrected chi connectivity index (χ3v) is 4.70. The number of nitro benzene ring substituents is 1. The molecule has 0 spiro atoms. The lowest BCUT2D eigenvalue weighted by molar-refractivity contribution is -0.384. The van der Waals surface area contributed by atoms with Crippen LogP contribution in [0.3, 0.4) is 0 Å². The van der Waals surface area contributed by atoms with Crippen molar-refractivity contribution in [2.75, 3.05) is 26.2 Å². The zero-order chi connectivity index (χ0) is 19.4. The van der Waals surface area contributed by atoms with Crippen LogP contribution in [0.4, 0.5) is 5.69 Å². The SMILES string of the molecule is O=C(Cc1ccccn1)N1CCN(C(=O)c2cc([N+](=O)[O-])ccc2Cl)CC1. The van der Waals surface area contributed by atoms with E-state index in [1.165, 1.54) is 18.2 Å². The number of non-ortho nitro benzene ring substituents is 1. The average Bonchev–Trinajstić information content (AvgIpc) is 2.68. The lowest BCUT2D eigenvalue weighted by Crippen LogP contribution is -2.51. The number of carbonyl (C=O) groups excluding carboxylic acids is 2. The molecule has 0 aliphatic carbocycles. The Hall–Kier alpha value is -3.00. The van der Waals surface area contributed by atoms with Crippen LogP contribution in [-0.4, -0.2) is 57.7 Å². The summed E-state index contributed by atoms with van der Waals surface area (Å²) >= 11 is 6.04. The number of aromatic nitrogens is 1. The van der Waals surface area contributed by atoms with Crippen LogP contribution < -0.4 is 0 Å². The molecule has 140 valence electrons. The van der Waals surface area contributed by atoms with E-state index < -0.39 is 4.92 Å². The van der Waals surface area contributed by atoms with Gasteiger partial charge in [0.1, 0.15) is 0 Å². The van der Waals surface area contributed by atoms with E-state index in [1.807, 2.05) is 6.07 Å². The first-order chi connectivity index (χ1) is 13.0. The number of piperazine rings is 1. The number of nitro groups is 1. The Morgan fingerprint density at radius 2 is 1.81 bits per heavy atom. The molecular weight excluding hydrogens is 372 g/mol. The minimum absolute atomic E-state index is 0.0471. The Morgan fingerprint density at radius 1 is 1.11 bits per heavy atom. The first-order valence-corrected chi connectivity index (χ1v) is 8.74. The number of pyridine rings is 1. The number of amides is 2. The van der Waals surface area contributed by atoms with Gasteiger partial charge >= 0.3 is 0 Å². The largest absolute Gasteiger partial charge is 0.339 e. The molecule has 0 atom stereocenters. The molecule has 1 aliphatic rings. The standard InChI is InChI=1S/C18H17ClN4O4/c19-16-5-4-14(23(26)27)12-15(16)18(25)22-9-7-21(8-10-22)17(24)11-13-3-1-2-6-20-13/h1-6,12H,7-11H2. The van der Waals surface area contributed by atoms with Crippen LogP contribution in [-0.2, 0) is 11.2 Å². The van der Waals surface area contributed by atoms with Crippen molar-refractivity contribution in [3.8, 4) is 0 Å². The van der Waals surface area contributed by atoms with Crippen LogP contribution in [0.25, 0.3) is 0 Å². The number of carbonyl (C=O) groups is 2. The van der Waals surface area contributed by atoms with E-state index in [1.54, 1.807) is 28.1 Å². The molecule has 2 heterocycles. The van der Waals surface area contributed by atoms with Gasteiger partial charge in [-0.05, 0) is 18.2 Å². The van der Waals surface area contributed by atoms with E-state index in [9.17, 15) is 19.7 Å². The predicted octanol–water partition coefficient (Wildman–Crippen LogP) is 2.17. The van der Waals surface area contributed by atoms with E-state index in [0.29, 0.717) is 31.9 Å². The van der Waals surface area contributed by atoms with Gasteiger partial charge in [-0.15, -0.1) is 0 Å². The summed E-state index contributed by atoms with van der Waals surface area (Å²) in [5.74, 6) is -0.422. The van der Waals surface area contributed by atoms with Crippen molar-refractivity contribution in [2.45, 2.75) is 6.42 Å². The van der Waals surface area contributed by atoms with Crippen molar-refractivity contribution in [3.05, 3.63) is 69.0 Å². The van der Waals surface area contributed by atoms with Crippen LogP contribution in [0.1, 0.15) is 16.1 Å². The lowest BCUT2D eigenvalue weighted by Gasteiger charge is -2.35. The summed E-state index contributed by atoms with van der Waals surface area (Å²) in [4.78, 5) is 42.8. The topological polar surface area (TPSA) is 96.7 Å². The normalized spacial score (nSPS) is 14.1. The van der Waals surface area contributed by atoms with Gasteiger partial charge in [-0.2, -0.15) is 0 Å². The highest BCUT2D eigenvalue weighted by Crippen LogP contribution is 2.24. The molecule has 1 aromatic carbocycles. The minimum atomic E-state index is -0.568. The number of hydrogen-bond acceptors (Lipinski definition) is 5. The lowest BCUT2D eigenvalue weighted by atomic mass is 10.1. The maximum absolute atomic E-state index is 12.7. The number of rotatable bonds is 4. The van der Waals surface area contributed by atoms with E-state index in [0.717, 1.165) is 0 Å². The van der Waals surface area contributed by atoms with Gasteiger partial charge in [0, 0.05) is 50.2 Å². The fourth-order valence-electron chi connectivity index (χ4n) is 2.89.